The molecule has 1 amide bonds. The van der Waals surface area contributed by atoms with E-state index in [1.165, 1.54) is 24.3 Å². The van der Waals surface area contributed by atoms with E-state index in [4.69, 9.17) is 14.6 Å². The molecule has 2 N–H and O–H groups in total. The van der Waals surface area contributed by atoms with Crippen LogP contribution in [0.1, 0.15) is 26.4 Å². The molecule has 1 saturated heterocycles. The van der Waals surface area contributed by atoms with Crippen molar-refractivity contribution in [1.29, 1.82) is 0 Å². The number of rotatable bonds is 5. The summed E-state index contributed by atoms with van der Waals surface area (Å²) in [5, 5.41) is 15.1. The van der Waals surface area contributed by atoms with Crippen LogP contribution in [0.15, 0.2) is 30.5 Å². The van der Waals surface area contributed by atoms with Crippen LogP contribution in [0.3, 0.4) is 0 Å². The number of carbonyl (C=O) groups is 2. The van der Waals surface area contributed by atoms with Crippen LogP contribution in [0.5, 0.6) is 0 Å². The first kappa shape index (κ1) is 19.8. The van der Waals surface area contributed by atoms with Gasteiger partial charge in [-0.1, -0.05) is 0 Å². The number of aromatic carboxylic acids is 1. The Morgan fingerprint density at radius 3 is 2.54 bits per heavy atom. The number of halogens is 3. The van der Waals surface area contributed by atoms with Gasteiger partial charge in [0.25, 0.3) is 5.91 Å². The van der Waals surface area contributed by atoms with E-state index in [0.717, 1.165) is 0 Å². The molecular weight excluding hydrogens is 383 g/mol. The minimum atomic E-state index is -4.91. The highest BCUT2D eigenvalue weighted by Crippen LogP contribution is 2.33. The maximum absolute atomic E-state index is 13.3. The maximum atomic E-state index is 13.3. The number of nitrogens with zero attached hydrogens (tertiary/aromatic N) is 2. The fraction of sp³-hybridized carbons (Fsp3) is 0.353. The zero-order valence-electron chi connectivity index (χ0n) is 14.4. The van der Waals surface area contributed by atoms with Crippen LogP contribution < -0.4 is 5.32 Å². The molecule has 1 atom stereocenters. The number of ether oxygens (including phenoxy) is 2. The van der Waals surface area contributed by atoms with Crippen molar-refractivity contribution in [3.05, 3.63) is 47.3 Å². The average molecular weight is 399 g/mol. The van der Waals surface area contributed by atoms with Gasteiger partial charge < -0.3 is 19.9 Å². The lowest BCUT2D eigenvalue weighted by Crippen LogP contribution is -2.39. The van der Waals surface area contributed by atoms with E-state index >= 15 is 0 Å². The van der Waals surface area contributed by atoms with Crippen LogP contribution in [-0.4, -0.2) is 59.2 Å². The van der Waals surface area contributed by atoms with Gasteiger partial charge in [0, 0.05) is 12.1 Å². The predicted molar refractivity (Wildman–Crippen MR) is 88.4 cm³/mol. The normalized spacial score (nSPS) is 17.3. The SMILES string of the molecule is O=C(NCC1COCCO1)c1ccc(-n2ncc(C(=O)O)c2C(F)(F)F)cc1. The van der Waals surface area contributed by atoms with Gasteiger partial charge in [-0.25, -0.2) is 9.48 Å². The summed E-state index contributed by atoms with van der Waals surface area (Å²) < 4.78 is 50.9. The molecule has 0 radical (unpaired) electrons. The van der Waals surface area contributed by atoms with Gasteiger partial charge in [-0.3, -0.25) is 4.79 Å². The summed E-state index contributed by atoms with van der Waals surface area (Å²) in [6.07, 6.45) is -4.54. The topological polar surface area (TPSA) is 103 Å². The molecule has 1 aromatic heterocycles. The molecule has 1 aliphatic rings. The Labute approximate surface area is 156 Å². The molecule has 1 fully saturated rings. The molecule has 1 aliphatic heterocycles. The lowest BCUT2D eigenvalue weighted by Gasteiger charge is -2.23. The Hall–Kier alpha value is -2.92. The van der Waals surface area contributed by atoms with Gasteiger partial charge in [0.2, 0.25) is 0 Å². The minimum absolute atomic E-state index is 0.0274. The highest BCUT2D eigenvalue weighted by Gasteiger charge is 2.40. The third-order valence-electron chi connectivity index (χ3n) is 4.02. The van der Waals surface area contributed by atoms with Gasteiger partial charge >= 0.3 is 12.1 Å². The van der Waals surface area contributed by atoms with Crippen LogP contribution >= 0.6 is 0 Å². The number of hydrogen-bond donors (Lipinski definition) is 2. The van der Waals surface area contributed by atoms with Gasteiger partial charge in [-0.2, -0.15) is 18.3 Å². The third kappa shape index (κ3) is 4.31. The monoisotopic (exact) mass is 399 g/mol. The van der Waals surface area contributed by atoms with Gasteiger partial charge in [0.15, 0.2) is 5.69 Å². The molecule has 1 aromatic carbocycles. The second kappa shape index (κ2) is 7.98. The summed E-state index contributed by atoms with van der Waals surface area (Å²) >= 11 is 0. The highest BCUT2D eigenvalue weighted by molar-refractivity contribution is 5.94. The number of carboxylic acids is 1. The standard InChI is InChI=1S/C17H16F3N3O5/c18-17(19,20)14-13(16(25)26)8-22-23(14)11-3-1-10(2-4-11)15(24)21-7-12-9-27-5-6-28-12/h1-4,8,12H,5-7,9H2,(H,21,24)(H,25,26). The van der Waals surface area contributed by atoms with Gasteiger partial charge in [-0.15, -0.1) is 0 Å². The molecule has 2 aromatic rings. The Morgan fingerprint density at radius 2 is 1.96 bits per heavy atom. The van der Waals surface area contributed by atoms with E-state index in [1.54, 1.807) is 0 Å². The molecule has 2 heterocycles. The van der Waals surface area contributed by atoms with Crippen molar-refractivity contribution in [1.82, 2.24) is 15.1 Å². The fourth-order valence-corrected chi connectivity index (χ4v) is 2.69. The highest BCUT2D eigenvalue weighted by atomic mass is 19.4. The number of carbonyl (C=O) groups excluding carboxylic acids is 1. The molecule has 150 valence electrons. The van der Waals surface area contributed by atoms with E-state index in [0.29, 0.717) is 30.7 Å². The molecule has 11 heteroatoms. The lowest BCUT2D eigenvalue weighted by molar-refractivity contribution is -0.143. The zero-order valence-corrected chi connectivity index (χ0v) is 14.4. The van der Waals surface area contributed by atoms with Crippen molar-refractivity contribution in [3.8, 4) is 5.69 Å². The number of carboxylic acid groups (broad SMARTS) is 1. The fourth-order valence-electron chi connectivity index (χ4n) is 2.69. The van der Waals surface area contributed by atoms with Crippen LogP contribution in [0.2, 0.25) is 0 Å². The van der Waals surface area contributed by atoms with Crippen LogP contribution in [-0.2, 0) is 15.7 Å². The predicted octanol–water partition coefficient (Wildman–Crippen LogP) is 1.73. The first-order chi connectivity index (χ1) is 13.3. The molecule has 3 rings (SSSR count). The van der Waals surface area contributed by atoms with Crippen molar-refractivity contribution in [2.45, 2.75) is 12.3 Å². The molecule has 0 spiro atoms. The minimum Gasteiger partial charge on any atom is -0.478 e. The lowest BCUT2D eigenvalue weighted by atomic mass is 10.1. The third-order valence-corrected chi connectivity index (χ3v) is 4.02. The van der Waals surface area contributed by atoms with Crippen molar-refractivity contribution < 1.29 is 37.3 Å². The molecule has 8 nitrogen and oxygen atoms in total. The van der Waals surface area contributed by atoms with Crippen LogP contribution in [0.4, 0.5) is 13.2 Å². The quantitative estimate of drug-likeness (QED) is 0.794. The van der Waals surface area contributed by atoms with Crippen LogP contribution in [0, 0.1) is 0 Å². The number of aromatic nitrogens is 2. The number of benzene rings is 1. The second-order valence-electron chi connectivity index (χ2n) is 5.95. The summed E-state index contributed by atoms with van der Waals surface area (Å²) in [7, 11) is 0. The molecule has 0 aliphatic carbocycles. The Morgan fingerprint density at radius 1 is 1.25 bits per heavy atom. The maximum Gasteiger partial charge on any atom is 0.434 e. The van der Waals surface area contributed by atoms with Gasteiger partial charge in [0.1, 0.15) is 5.56 Å². The molecule has 0 saturated carbocycles. The van der Waals surface area contributed by atoms with E-state index < -0.39 is 29.3 Å². The largest absolute Gasteiger partial charge is 0.478 e. The first-order valence-electron chi connectivity index (χ1n) is 8.24. The summed E-state index contributed by atoms with van der Waals surface area (Å²) in [4.78, 5) is 23.2. The molecule has 1 unspecified atom stereocenters. The van der Waals surface area contributed by atoms with E-state index in [2.05, 4.69) is 10.4 Å². The molecule has 28 heavy (non-hydrogen) atoms. The summed E-state index contributed by atoms with van der Waals surface area (Å²) in [5.74, 6) is -2.16. The summed E-state index contributed by atoms with van der Waals surface area (Å²) in [6, 6.07) is 5.16. The second-order valence-corrected chi connectivity index (χ2v) is 5.95. The molecular formula is C17H16F3N3O5. The van der Waals surface area contributed by atoms with E-state index in [1.807, 2.05) is 0 Å². The van der Waals surface area contributed by atoms with Crippen molar-refractivity contribution in [2.75, 3.05) is 26.4 Å². The number of nitrogens with one attached hydrogen (secondary N) is 1. The Balaban J connectivity index is 1.75. The number of amides is 1. The number of hydrogen-bond acceptors (Lipinski definition) is 5. The van der Waals surface area contributed by atoms with Crippen molar-refractivity contribution in [3.63, 3.8) is 0 Å². The van der Waals surface area contributed by atoms with E-state index in [9.17, 15) is 22.8 Å². The summed E-state index contributed by atoms with van der Waals surface area (Å²) in [6.45, 7) is 1.55. The average Bonchev–Trinajstić information content (AvgIpc) is 3.13. The summed E-state index contributed by atoms with van der Waals surface area (Å²) in [5.41, 5.74) is -2.16. The first-order valence-corrected chi connectivity index (χ1v) is 8.24. The number of alkyl halides is 3. The van der Waals surface area contributed by atoms with Gasteiger partial charge in [-0.05, 0) is 24.3 Å². The van der Waals surface area contributed by atoms with E-state index in [-0.39, 0.29) is 23.9 Å². The molecule has 0 bridgehead atoms. The van der Waals surface area contributed by atoms with Crippen molar-refractivity contribution in [2.24, 2.45) is 0 Å². The van der Waals surface area contributed by atoms with Crippen LogP contribution in [0.25, 0.3) is 5.69 Å². The zero-order chi connectivity index (χ0) is 20.3. The Kier molecular flexibility index (Phi) is 5.66. The van der Waals surface area contributed by atoms with Crippen molar-refractivity contribution >= 4 is 11.9 Å². The van der Waals surface area contributed by atoms with Gasteiger partial charge in [0.05, 0.1) is 37.8 Å². The smallest absolute Gasteiger partial charge is 0.434 e. The Bertz CT molecular complexity index is 858.